The van der Waals surface area contributed by atoms with Crippen LogP contribution in [0.1, 0.15) is 15.9 Å². The van der Waals surface area contributed by atoms with Gasteiger partial charge in [0, 0.05) is 31.0 Å². The van der Waals surface area contributed by atoms with Gasteiger partial charge in [0.1, 0.15) is 6.61 Å². The first-order chi connectivity index (χ1) is 14.6. The topological polar surface area (TPSA) is 48.0 Å². The Kier molecular flexibility index (Phi) is 7.76. The molecular weight excluding hydrogens is 398 g/mol. The third kappa shape index (κ3) is 5.78. The van der Waals surface area contributed by atoms with Crippen molar-refractivity contribution in [1.29, 1.82) is 0 Å². The monoisotopic (exact) mass is 423 g/mol. The molecule has 5 nitrogen and oxygen atoms in total. The average molecular weight is 424 g/mol. The average Bonchev–Trinajstić information content (AvgIpc) is 2.77. The van der Waals surface area contributed by atoms with Gasteiger partial charge in [-0.3, -0.25) is 4.79 Å². The molecule has 0 unspecified atom stereocenters. The standard InChI is InChI=1S/C24H25NO4S/c1-25(2)24(26)20-14-21(29-17-27-3)22(28-16-18-10-6-4-7-11-18)15-23(20)30-19-12-8-5-9-13-19/h4-15H,16-17H2,1-3H3. The van der Waals surface area contributed by atoms with Gasteiger partial charge in [-0.25, -0.2) is 0 Å². The minimum Gasteiger partial charge on any atom is -0.485 e. The van der Waals surface area contributed by atoms with Gasteiger partial charge in [-0.1, -0.05) is 60.3 Å². The van der Waals surface area contributed by atoms with Gasteiger partial charge in [-0.15, -0.1) is 0 Å². The molecule has 0 fully saturated rings. The van der Waals surface area contributed by atoms with Crippen LogP contribution in [0.4, 0.5) is 0 Å². The Balaban J connectivity index is 1.99. The summed E-state index contributed by atoms with van der Waals surface area (Å²) in [7, 11) is 5.01. The maximum absolute atomic E-state index is 12.9. The Labute approximate surface area is 181 Å². The van der Waals surface area contributed by atoms with Gasteiger partial charge in [0.05, 0.1) is 5.56 Å². The van der Waals surface area contributed by atoms with Crippen molar-refractivity contribution in [3.63, 3.8) is 0 Å². The second kappa shape index (κ2) is 10.7. The summed E-state index contributed by atoms with van der Waals surface area (Å²) < 4.78 is 16.9. The predicted molar refractivity (Wildman–Crippen MR) is 118 cm³/mol. The number of rotatable bonds is 9. The lowest BCUT2D eigenvalue weighted by Crippen LogP contribution is -2.22. The summed E-state index contributed by atoms with van der Waals surface area (Å²) in [6, 6.07) is 23.4. The number of carbonyl (C=O) groups is 1. The summed E-state index contributed by atoms with van der Waals surface area (Å²) >= 11 is 1.51. The summed E-state index contributed by atoms with van der Waals surface area (Å²) in [5.41, 5.74) is 1.59. The van der Waals surface area contributed by atoms with Gasteiger partial charge < -0.3 is 19.1 Å². The van der Waals surface area contributed by atoms with Gasteiger partial charge in [-0.2, -0.15) is 0 Å². The maximum atomic E-state index is 12.9. The number of benzene rings is 3. The highest BCUT2D eigenvalue weighted by Gasteiger charge is 2.20. The molecule has 0 radical (unpaired) electrons. The van der Waals surface area contributed by atoms with Crippen LogP contribution in [0.5, 0.6) is 11.5 Å². The number of hydrogen-bond acceptors (Lipinski definition) is 5. The minimum absolute atomic E-state index is 0.0580. The molecule has 3 rings (SSSR count). The van der Waals surface area contributed by atoms with E-state index >= 15 is 0 Å². The first-order valence-electron chi connectivity index (χ1n) is 9.49. The zero-order valence-electron chi connectivity index (χ0n) is 17.3. The SMILES string of the molecule is COCOc1cc(C(=O)N(C)C)c(Sc2ccccc2)cc1OCc1ccccc1. The third-order valence-electron chi connectivity index (χ3n) is 4.22. The van der Waals surface area contributed by atoms with Gasteiger partial charge >= 0.3 is 0 Å². The van der Waals surface area contributed by atoms with E-state index in [2.05, 4.69) is 0 Å². The molecule has 0 aliphatic carbocycles. The van der Waals surface area contributed by atoms with E-state index < -0.39 is 0 Å². The van der Waals surface area contributed by atoms with Crippen LogP contribution in [0.3, 0.4) is 0 Å². The van der Waals surface area contributed by atoms with Gasteiger partial charge in [0.25, 0.3) is 5.91 Å². The molecular formula is C24H25NO4S. The Morgan fingerprint density at radius 3 is 2.17 bits per heavy atom. The van der Waals surface area contributed by atoms with Crippen LogP contribution < -0.4 is 9.47 Å². The van der Waals surface area contributed by atoms with Crippen LogP contribution in [0.15, 0.2) is 82.6 Å². The van der Waals surface area contributed by atoms with Crippen LogP contribution in [0, 0.1) is 0 Å². The molecule has 0 bridgehead atoms. The van der Waals surface area contributed by atoms with Crippen molar-refractivity contribution in [2.75, 3.05) is 28.0 Å². The summed E-state index contributed by atoms with van der Waals surface area (Å²) in [6.07, 6.45) is 0. The first-order valence-corrected chi connectivity index (χ1v) is 10.3. The third-order valence-corrected chi connectivity index (χ3v) is 5.29. The van der Waals surface area contributed by atoms with Gasteiger partial charge in [0.2, 0.25) is 0 Å². The highest BCUT2D eigenvalue weighted by molar-refractivity contribution is 7.99. The summed E-state index contributed by atoms with van der Waals surface area (Å²) in [5.74, 6) is 0.922. The molecule has 0 heterocycles. The van der Waals surface area contributed by atoms with Crippen LogP contribution in [0.25, 0.3) is 0 Å². The molecule has 0 saturated heterocycles. The largest absolute Gasteiger partial charge is 0.485 e. The lowest BCUT2D eigenvalue weighted by Gasteiger charge is -2.19. The maximum Gasteiger partial charge on any atom is 0.254 e. The van der Waals surface area contributed by atoms with Crippen LogP contribution >= 0.6 is 11.8 Å². The van der Waals surface area contributed by atoms with E-state index in [-0.39, 0.29) is 12.7 Å². The Morgan fingerprint density at radius 2 is 1.53 bits per heavy atom. The second-order valence-electron chi connectivity index (χ2n) is 6.73. The molecule has 3 aromatic carbocycles. The van der Waals surface area contributed by atoms with E-state index in [9.17, 15) is 4.79 Å². The Morgan fingerprint density at radius 1 is 0.900 bits per heavy atom. The van der Waals surface area contributed by atoms with Gasteiger partial charge in [-0.05, 0) is 29.8 Å². The lowest BCUT2D eigenvalue weighted by atomic mass is 10.1. The molecule has 156 valence electrons. The number of carbonyl (C=O) groups excluding carboxylic acids is 1. The molecule has 3 aromatic rings. The highest BCUT2D eigenvalue weighted by atomic mass is 32.2. The van der Waals surface area contributed by atoms with E-state index in [0.29, 0.717) is 23.7 Å². The van der Waals surface area contributed by atoms with Crippen LogP contribution in [0.2, 0.25) is 0 Å². The summed E-state index contributed by atoms with van der Waals surface area (Å²) in [6.45, 7) is 0.447. The number of nitrogens with zero attached hydrogens (tertiary/aromatic N) is 1. The van der Waals surface area contributed by atoms with E-state index in [1.54, 1.807) is 32.2 Å². The molecule has 0 atom stereocenters. The van der Waals surface area contributed by atoms with E-state index in [0.717, 1.165) is 15.4 Å². The Bertz CT molecular complexity index is 962. The second-order valence-corrected chi connectivity index (χ2v) is 7.85. The number of methoxy groups -OCH3 is 1. The van der Waals surface area contributed by atoms with Crippen molar-refractivity contribution in [3.8, 4) is 11.5 Å². The zero-order valence-corrected chi connectivity index (χ0v) is 18.1. The lowest BCUT2D eigenvalue weighted by molar-refractivity contribution is 0.0481. The summed E-state index contributed by atoms with van der Waals surface area (Å²) in [4.78, 5) is 16.2. The minimum atomic E-state index is -0.106. The molecule has 0 aliphatic rings. The fourth-order valence-corrected chi connectivity index (χ4v) is 3.70. The van der Waals surface area contributed by atoms with Crippen molar-refractivity contribution >= 4 is 17.7 Å². The van der Waals surface area contributed by atoms with E-state index in [1.807, 2.05) is 66.7 Å². The quantitative estimate of drug-likeness (QED) is 0.448. The predicted octanol–water partition coefficient (Wildman–Crippen LogP) is 5.10. The number of hydrogen-bond donors (Lipinski definition) is 0. The fourth-order valence-electron chi connectivity index (χ4n) is 2.73. The smallest absolute Gasteiger partial charge is 0.254 e. The van der Waals surface area contributed by atoms with Crippen molar-refractivity contribution in [3.05, 3.63) is 83.9 Å². The van der Waals surface area contributed by atoms with Crippen molar-refractivity contribution in [2.24, 2.45) is 0 Å². The molecule has 0 aliphatic heterocycles. The molecule has 0 spiro atoms. The first kappa shape index (κ1) is 21.7. The van der Waals surface area contributed by atoms with Crippen molar-refractivity contribution in [1.82, 2.24) is 4.90 Å². The summed E-state index contributed by atoms with van der Waals surface area (Å²) in [5, 5.41) is 0. The molecule has 30 heavy (non-hydrogen) atoms. The fraction of sp³-hybridized carbons (Fsp3) is 0.208. The molecule has 1 amide bonds. The van der Waals surface area contributed by atoms with Gasteiger partial charge in [0.15, 0.2) is 18.3 Å². The van der Waals surface area contributed by atoms with E-state index in [1.165, 1.54) is 11.8 Å². The molecule has 0 aromatic heterocycles. The van der Waals surface area contributed by atoms with Crippen molar-refractivity contribution in [2.45, 2.75) is 16.4 Å². The van der Waals surface area contributed by atoms with Crippen LogP contribution in [-0.2, 0) is 11.3 Å². The normalized spacial score (nSPS) is 10.5. The van der Waals surface area contributed by atoms with E-state index in [4.69, 9.17) is 14.2 Å². The molecule has 0 N–H and O–H groups in total. The zero-order chi connectivity index (χ0) is 21.3. The van der Waals surface area contributed by atoms with Crippen LogP contribution in [-0.4, -0.2) is 38.8 Å². The Hall–Kier alpha value is -2.96. The molecule has 6 heteroatoms. The van der Waals surface area contributed by atoms with Crippen molar-refractivity contribution < 1.29 is 19.0 Å². The highest BCUT2D eigenvalue weighted by Crippen LogP contribution is 2.39. The molecule has 0 saturated carbocycles. The number of ether oxygens (including phenoxy) is 3. The number of amides is 1.